The zero-order chi connectivity index (χ0) is 13.9. The van der Waals surface area contributed by atoms with Crippen LogP contribution < -0.4 is 5.73 Å². The first-order valence-electron chi connectivity index (χ1n) is 6.98. The Morgan fingerprint density at radius 2 is 1.95 bits per heavy atom. The van der Waals surface area contributed by atoms with Crippen LogP contribution in [-0.2, 0) is 19.5 Å². The standard InChI is InChI=1S/C17H20N2S/c1-20-15-7-5-13(6-8-15)11-19-10-9-14-3-2-4-17(18)16(14)12-19/h2-8H,9-12,18H2,1H3. The SMILES string of the molecule is CSc1ccc(CN2CCc3cccc(N)c3C2)cc1. The molecule has 0 spiro atoms. The molecule has 20 heavy (non-hydrogen) atoms. The lowest BCUT2D eigenvalue weighted by molar-refractivity contribution is 0.246. The van der Waals surface area contributed by atoms with Gasteiger partial charge in [-0.3, -0.25) is 4.90 Å². The number of nitrogen functional groups attached to an aromatic ring is 1. The van der Waals surface area contributed by atoms with Gasteiger partial charge in [0.15, 0.2) is 0 Å². The topological polar surface area (TPSA) is 29.3 Å². The van der Waals surface area contributed by atoms with Crippen molar-refractivity contribution in [2.75, 3.05) is 18.5 Å². The Labute approximate surface area is 125 Å². The molecule has 0 bridgehead atoms. The highest BCUT2D eigenvalue weighted by atomic mass is 32.2. The molecule has 0 fully saturated rings. The van der Waals surface area contributed by atoms with Gasteiger partial charge >= 0.3 is 0 Å². The van der Waals surface area contributed by atoms with Gasteiger partial charge in [-0.05, 0) is 47.6 Å². The fourth-order valence-electron chi connectivity index (χ4n) is 2.79. The van der Waals surface area contributed by atoms with Crippen molar-refractivity contribution in [2.45, 2.75) is 24.4 Å². The molecule has 0 unspecified atom stereocenters. The Morgan fingerprint density at radius 1 is 1.15 bits per heavy atom. The number of fused-ring (bicyclic) bond motifs is 1. The summed E-state index contributed by atoms with van der Waals surface area (Å²) in [6, 6.07) is 15.1. The quantitative estimate of drug-likeness (QED) is 0.690. The van der Waals surface area contributed by atoms with Gasteiger partial charge in [-0.15, -0.1) is 11.8 Å². The van der Waals surface area contributed by atoms with Crippen molar-refractivity contribution in [1.29, 1.82) is 0 Å². The van der Waals surface area contributed by atoms with Gasteiger partial charge in [-0.25, -0.2) is 0 Å². The molecule has 2 aromatic carbocycles. The monoisotopic (exact) mass is 284 g/mol. The van der Waals surface area contributed by atoms with Gasteiger partial charge in [0.05, 0.1) is 0 Å². The highest BCUT2D eigenvalue weighted by Crippen LogP contribution is 2.25. The fourth-order valence-corrected chi connectivity index (χ4v) is 3.20. The van der Waals surface area contributed by atoms with Crippen molar-refractivity contribution in [3.63, 3.8) is 0 Å². The Morgan fingerprint density at radius 3 is 2.70 bits per heavy atom. The molecule has 1 aliphatic heterocycles. The van der Waals surface area contributed by atoms with Crippen LogP contribution in [0.2, 0.25) is 0 Å². The summed E-state index contributed by atoms with van der Waals surface area (Å²) in [6.07, 6.45) is 3.21. The minimum atomic E-state index is 0.935. The maximum absolute atomic E-state index is 6.11. The molecule has 0 amide bonds. The van der Waals surface area contributed by atoms with Crippen LogP contribution in [0.5, 0.6) is 0 Å². The van der Waals surface area contributed by atoms with Crippen LogP contribution >= 0.6 is 11.8 Å². The summed E-state index contributed by atoms with van der Waals surface area (Å²) in [5.74, 6) is 0. The predicted molar refractivity (Wildman–Crippen MR) is 86.9 cm³/mol. The van der Waals surface area contributed by atoms with E-state index in [1.165, 1.54) is 21.6 Å². The summed E-state index contributed by atoms with van der Waals surface area (Å²) >= 11 is 1.79. The van der Waals surface area contributed by atoms with E-state index in [-0.39, 0.29) is 0 Å². The van der Waals surface area contributed by atoms with E-state index < -0.39 is 0 Å². The van der Waals surface area contributed by atoms with Crippen molar-refractivity contribution >= 4 is 17.4 Å². The highest BCUT2D eigenvalue weighted by Gasteiger charge is 2.17. The van der Waals surface area contributed by atoms with Gasteiger partial charge in [-0.2, -0.15) is 0 Å². The van der Waals surface area contributed by atoms with Gasteiger partial charge in [0.2, 0.25) is 0 Å². The lowest BCUT2D eigenvalue weighted by Gasteiger charge is -2.29. The van der Waals surface area contributed by atoms with Crippen molar-refractivity contribution in [3.05, 3.63) is 59.2 Å². The predicted octanol–water partition coefficient (Wildman–Crippen LogP) is 3.55. The minimum Gasteiger partial charge on any atom is -0.398 e. The van der Waals surface area contributed by atoms with Crippen molar-refractivity contribution < 1.29 is 0 Å². The fraction of sp³-hybridized carbons (Fsp3) is 0.294. The summed E-state index contributed by atoms with van der Waals surface area (Å²) in [7, 11) is 0. The molecular weight excluding hydrogens is 264 g/mol. The van der Waals surface area contributed by atoms with Gasteiger partial charge < -0.3 is 5.73 Å². The van der Waals surface area contributed by atoms with Crippen LogP contribution in [0.1, 0.15) is 16.7 Å². The third-order valence-corrected chi connectivity index (χ3v) is 4.70. The Bertz CT molecular complexity index is 592. The molecular formula is C17H20N2S. The average molecular weight is 284 g/mol. The second-order valence-electron chi connectivity index (χ2n) is 5.29. The van der Waals surface area contributed by atoms with Gasteiger partial charge in [-0.1, -0.05) is 24.3 Å². The van der Waals surface area contributed by atoms with Crippen molar-refractivity contribution in [3.8, 4) is 0 Å². The van der Waals surface area contributed by atoms with E-state index in [0.29, 0.717) is 0 Å². The first-order valence-corrected chi connectivity index (χ1v) is 8.20. The van der Waals surface area contributed by atoms with E-state index in [2.05, 4.69) is 47.6 Å². The second-order valence-corrected chi connectivity index (χ2v) is 6.17. The Kier molecular flexibility index (Phi) is 3.99. The van der Waals surface area contributed by atoms with E-state index in [9.17, 15) is 0 Å². The molecule has 3 heteroatoms. The highest BCUT2D eigenvalue weighted by molar-refractivity contribution is 7.98. The van der Waals surface area contributed by atoms with Crippen LogP contribution in [0.4, 0.5) is 5.69 Å². The lowest BCUT2D eigenvalue weighted by Crippen LogP contribution is -2.30. The number of hydrogen-bond donors (Lipinski definition) is 1. The normalized spacial score (nSPS) is 15.1. The zero-order valence-corrected chi connectivity index (χ0v) is 12.6. The minimum absolute atomic E-state index is 0.935. The van der Waals surface area contributed by atoms with E-state index in [4.69, 9.17) is 5.73 Å². The number of nitrogens with zero attached hydrogens (tertiary/aromatic N) is 1. The number of benzene rings is 2. The second kappa shape index (κ2) is 5.90. The molecule has 0 aliphatic carbocycles. The zero-order valence-electron chi connectivity index (χ0n) is 11.8. The number of nitrogens with two attached hydrogens (primary N) is 1. The third kappa shape index (κ3) is 2.84. The maximum Gasteiger partial charge on any atom is 0.0362 e. The van der Waals surface area contributed by atoms with Crippen LogP contribution in [0.25, 0.3) is 0 Å². The molecule has 1 aliphatic rings. The maximum atomic E-state index is 6.11. The number of thioether (sulfide) groups is 1. The summed E-state index contributed by atoms with van der Waals surface area (Å²) in [5, 5.41) is 0. The van der Waals surface area contributed by atoms with Crippen LogP contribution in [0.15, 0.2) is 47.4 Å². The molecule has 1 heterocycles. The summed E-state index contributed by atoms with van der Waals surface area (Å²) < 4.78 is 0. The van der Waals surface area contributed by atoms with Crippen molar-refractivity contribution in [1.82, 2.24) is 4.90 Å². The molecule has 0 saturated heterocycles. The summed E-state index contributed by atoms with van der Waals surface area (Å²) in [6.45, 7) is 3.08. The first kappa shape index (κ1) is 13.5. The summed E-state index contributed by atoms with van der Waals surface area (Å²) in [5.41, 5.74) is 11.2. The van der Waals surface area contributed by atoms with Gasteiger partial charge in [0, 0.05) is 30.2 Å². The molecule has 0 atom stereocenters. The molecule has 3 rings (SSSR count). The number of hydrogen-bond acceptors (Lipinski definition) is 3. The van der Waals surface area contributed by atoms with E-state index in [0.717, 1.165) is 31.7 Å². The Balaban J connectivity index is 1.72. The van der Waals surface area contributed by atoms with Crippen LogP contribution in [-0.4, -0.2) is 17.7 Å². The number of anilines is 1. The molecule has 2 N–H and O–H groups in total. The lowest BCUT2D eigenvalue weighted by atomic mass is 9.98. The van der Waals surface area contributed by atoms with Gasteiger partial charge in [0.25, 0.3) is 0 Å². The Hall–Kier alpha value is -1.45. The largest absolute Gasteiger partial charge is 0.398 e. The first-order chi connectivity index (χ1) is 9.76. The van der Waals surface area contributed by atoms with E-state index >= 15 is 0 Å². The molecule has 0 saturated carbocycles. The molecule has 0 radical (unpaired) electrons. The van der Waals surface area contributed by atoms with Crippen molar-refractivity contribution in [2.24, 2.45) is 0 Å². The molecule has 2 aromatic rings. The van der Waals surface area contributed by atoms with Crippen LogP contribution in [0.3, 0.4) is 0 Å². The molecule has 2 nitrogen and oxygen atoms in total. The van der Waals surface area contributed by atoms with Crippen LogP contribution in [0, 0.1) is 0 Å². The van der Waals surface area contributed by atoms with E-state index in [1.807, 2.05) is 6.07 Å². The molecule has 0 aromatic heterocycles. The smallest absolute Gasteiger partial charge is 0.0362 e. The third-order valence-electron chi connectivity index (χ3n) is 3.95. The average Bonchev–Trinajstić information content (AvgIpc) is 2.49. The van der Waals surface area contributed by atoms with E-state index in [1.54, 1.807) is 11.8 Å². The number of rotatable bonds is 3. The molecule has 104 valence electrons. The summed E-state index contributed by atoms with van der Waals surface area (Å²) in [4.78, 5) is 3.80. The van der Waals surface area contributed by atoms with Gasteiger partial charge in [0.1, 0.15) is 0 Å².